The minimum atomic E-state index is 0.0820. The zero-order valence-corrected chi connectivity index (χ0v) is 10.3. The van der Waals surface area contributed by atoms with Gasteiger partial charge in [-0.05, 0) is 32.0 Å². The standard InChI is InChI=1S/C13H15N3O/c1-9-7-11(16(3)15-9)8-13(17)12-5-4-6-14-10(12)2/h4-7H,8H2,1-3H3. The molecule has 0 fully saturated rings. The van der Waals surface area contributed by atoms with Gasteiger partial charge in [-0.2, -0.15) is 5.10 Å². The third-order valence-corrected chi connectivity index (χ3v) is 2.75. The molecule has 0 aliphatic carbocycles. The van der Waals surface area contributed by atoms with Crippen LogP contribution in [0.3, 0.4) is 0 Å². The topological polar surface area (TPSA) is 47.8 Å². The van der Waals surface area contributed by atoms with Crippen molar-refractivity contribution in [1.29, 1.82) is 0 Å². The summed E-state index contributed by atoms with van der Waals surface area (Å²) in [4.78, 5) is 16.2. The lowest BCUT2D eigenvalue weighted by Gasteiger charge is -2.04. The molecule has 0 aromatic carbocycles. The molecule has 0 bridgehead atoms. The second-order valence-electron chi connectivity index (χ2n) is 4.14. The molecule has 0 amide bonds. The molecular formula is C13H15N3O. The van der Waals surface area contributed by atoms with Gasteiger partial charge in [0.05, 0.1) is 12.1 Å². The van der Waals surface area contributed by atoms with E-state index in [-0.39, 0.29) is 5.78 Å². The Bertz CT molecular complexity index is 558. The SMILES string of the molecule is Cc1cc(CC(=O)c2cccnc2C)n(C)n1. The van der Waals surface area contributed by atoms with Gasteiger partial charge in [0.25, 0.3) is 0 Å². The van der Waals surface area contributed by atoms with Gasteiger partial charge in [-0.1, -0.05) is 0 Å². The number of pyridine rings is 1. The molecule has 0 saturated heterocycles. The van der Waals surface area contributed by atoms with Gasteiger partial charge in [-0.25, -0.2) is 0 Å². The molecule has 2 aromatic heterocycles. The first-order valence-electron chi connectivity index (χ1n) is 5.52. The summed E-state index contributed by atoms with van der Waals surface area (Å²) >= 11 is 0. The van der Waals surface area contributed by atoms with Crippen molar-refractivity contribution in [3.8, 4) is 0 Å². The smallest absolute Gasteiger partial charge is 0.170 e. The third kappa shape index (κ3) is 2.41. The predicted octanol–water partition coefficient (Wildman–Crippen LogP) is 1.86. The molecule has 0 unspecified atom stereocenters. The molecule has 4 heteroatoms. The summed E-state index contributed by atoms with van der Waals surface area (Å²) in [6, 6.07) is 5.53. The Kier molecular flexibility index (Phi) is 3.04. The molecule has 0 N–H and O–H groups in total. The van der Waals surface area contributed by atoms with Crippen LogP contribution in [-0.2, 0) is 13.5 Å². The van der Waals surface area contributed by atoms with Crippen LogP contribution in [-0.4, -0.2) is 20.5 Å². The Morgan fingerprint density at radius 3 is 2.76 bits per heavy atom. The molecule has 4 nitrogen and oxygen atoms in total. The second kappa shape index (κ2) is 4.49. The summed E-state index contributed by atoms with van der Waals surface area (Å²) in [5.74, 6) is 0.0820. The van der Waals surface area contributed by atoms with Crippen LogP contribution in [0.25, 0.3) is 0 Å². The monoisotopic (exact) mass is 229 g/mol. The minimum absolute atomic E-state index is 0.0820. The van der Waals surface area contributed by atoms with Crippen molar-refractivity contribution >= 4 is 5.78 Å². The van der Waals surface area contributed by atoms with Crippen molar-refractivity contribution in [2.45, 2.75) is 20.3 Å². The maximum atomic E-state index is 12.1. The number of carbonyl (C=O) groups is 1. The Labute approximate surface area is 100 Å². The van der Waals surface area contributed by atoms with Crippen molar-refractivity contribution in [1.82, 2.24) is 14.8 Å². The molecule has 2 heterocycles. The molecule has 0 aliphatic rings. The number of aryl methyl sites for hydroxylation is 3. The van der Waals surface area contributed by atoms with Crippen LogP contribution in [0.2, 0.25) is 0 Å². The van der Waals surface area contributed by atoms with E-state index in [0.717, 1.165) is 17.1 Å². The Balaban J connectivity index is 2.23. The highest BCUT2D eigenvalue weighted by molar-refractivity contribution is 5.98. The summed E-state index contributed by atoms with van der Waals surface area (Å²) < 4.78 is 1.75. The van der Waals surface area contributed by atoms with E-state index in [9.17, 15) is 4.79 Å². The van der Waals surface area contributed by atoms with Crippen molar-refractivity contribution in [3.05, 3.63) is 47.0 Å². The summed E-state index contributed by atoms with van der Waals surface area (Å²) in [7, 11) is 1.85. The lowest BCUT2D eigenvalue weighted by atomic mass is 10.1. The lowest BCUT2D eigenvalue weighted by Crippen LogP contribution is -2.09. The quantitative estimate of drug-likeness (QED) is 0.755. The van der Waals surface area contributed by atoms with Gasteiger partial charge in [0.2, 0.25) is 0 Å². The number of Topliss-reactive ketones (excluding diaryl/α,β-unsaturated/α-hetero) is 1. The average molecular weight is 229 g/mol. The molecule has 2 aromatic rings. The highest BCUT2D eigenvalue weighted by Crippen LogP contribution is 2.10. The molecule has 0 saturated carbocycles. The number of aromatic nitrogens is 3. The van der Waals surface area contributed by atoms with E-state index in [0.29, 0.717) is 12.0 Å². The molecule has 0 spiro atoms. The fourth-order valence-corrected chi connectivity index (χ4v) is 1.87. The van der Waals surface area contributed by atoms with Gasteiger partial charge in [0.1, 0.15) is 0 Å². The molecule has 88 valence electrons. The zero-order valence-electron chi connectivity index (χ0n) is 10.3. The first kappa shape index (κ1) is 11.5. The summed E-state index contributed by atoms with van der Waals surface area (Å²) in [6.45, 7) is 3.77. The van der Waals surface area contributed by atoms with Crippen LogP contribution in [0.1, 0.15) is 27.4 Å². The van der Waals surface area contributed by atoms with Crippen LogP contribution in [0, 0.1) is 13.8 Å². The van der Waals surface area contributed by atoms with E-state index in [1.807, 2.05) is 33.0 Å². The number of nitrogens with zero attached hydrogens (tertiary/aromatic N) is 3. The molecule has 0 atom stereocenters. The normalized spacial score (nSPS) is 10.5. The fraction of sp³-hybridized carbons (Fsp3) is 0.308. The van der Waals surface area contributed by atoms with Gasteiger partial charge in [-0.15, -0.1) is 0 Å². The Morgan fingerprint density at radius 1 is 1.41 bits per heavy atom. The molecular weight excluding hydrogens is 214 g/mol. The number of ketones is 1. The molecule has 2 rings (SSSR count). The predicted molar refractivity (Wildman–Crippen MR) is 65.0 cm³/mol. The van der Waals surface area contributed by atoms with Gasteiger partial charge >= 0.3 is 0 Å². The van der Waals surface area contributed by atoms with E-state index < -0.39 is 0 Å². The van der Waals surface area contributed by atoms with Crippen molar-refractivity contribution in [3.63, 3.8) is 0 Å². The largest absolute Gasteiger partial charge is 0.294 e. The van der Waals surface area contributed by atoms with E-state index >= 15 is 0 Å². The number of rotatable bonds is 3. The van der Waals surface area contributed by atoms with E-state index in [1.54, 1.807) is 16.9 Å². The number of hydrogen-bond acceptors (Lipinski definition) is 3. The van der Waals surface area contributed by atoms with Crippen LogP contribution < -0.4 is 0 Å². The van der Waals surface area contributed by atoms with E-state index in [1.165, 1.54) is 0 Å². The van der Waals surface area contributed by atoms with Crippen molar-refractivity contribution < 1.29 is 4.79 Å². The summed E-state index contributed by atoms with van der Waals surface area (Å²) in [6.07, 6.45) is 2.06. The summed E-state index contributed by atoms with van der Waals surface area (Å²) in [5, 5.41) is 4.23. The number of carbonyl (C=O) groups excluding carboxylic acids is 1. The van der Waals surface area contributed by atoms with Crippen LogP contribution >= 0.6 is 0 Å². The Hall–Kier alpha value is -1.97. The van der Waals surface area contributed by atoms with E-state index in [2.05, 4.69) is 10.1 Å². The van der Waals surface area contributed by atoms with Gasteiger partial charge in [-0.3, -0.25) is 14.5 Å². The van der Waals surface area contributed by atoms with Gasteiger partial charge < -0.3 is 0 Å². The van der Waals surface area contributed by atoms with Crippen LogP contribution in [0.4, 0.5) is 0 Å². The maximum Gasteiger partial charge on any atom is 0.170 e. The summed E-state index contributed by atoms with van der Waals surface area (Å²) in [5.41, 5.74) is 3.32. The van der Waals surface area contributed by atoms with Crippen molar-refractivity contribution in [2.24, 2.45) is 7.05 Å². The Morgan fingerprint density at radius 2 is 2.18 bits per heavy atom. The zero-order chi connectivity index (χ0) is 12.4. The second-order valence-corrected chi connectivity index (χ2v) is 4.14. The maximum absolute atomic E-state index is 12.1. The van der Waals surface area contributed by atoms with Gasteiger partial charge in [0.15, 0.2) is 5.78 Å². The third-order valence-electron chi connectivity index (χ3n) is 2.75. The number of hydrogen-bond donors (Lipinski definition) is 0. The molecule has 17 heavy (non-hydrogen) atoms. The molecule has 0 aliphatic heterocycles. The van der Waals surface area contributed by atoms with Crippen LogP contribution in [0.5, 0.6) is 0 Å². The van der Waals surface area contributed by atoms with Gasteiger partial charge in [0, 0.05) is 30.2 Å². The minimum Gasteiger partial charge on any atom is -0.294 e. The van der Waals surface area contributed by atoms with Crippen LogP contribution in [0.15, 0.2) is 24.4 Å². The van der Waals surface area contributed by atoms with E-state index in [4.69, 9.17) is 0 Å². The average Bonchev–Trinajstić information content (AvgIpc) is 2.58. The first-order valence-corrected chi connectivity index (χ1v) is 5.52. The first-order chi connectivity index (χ1) is 8.08. The highest BCUT2D eigenvalue weighted by atomic mass is 16.1. The molecule has 0 radical (unpaired) electrons. The lowest BCUT2D eigenvalue weighted by molar-refractivity contribution is 0.0990. The van der Waals surface area contributed by atoms with Crippen molar-refractivity contribution in [2.75, 3.05) is 0 Å². The fourth-order valence-electron chi connectivity index (χ4n) is 1.87. The highest BCUT2D eigenvalue weighted by Gasteiger charge is 2.12.